The molecule has 1 aliphatic carbocycles. The molecule has 0 spiro atoms. The molecular weight excluding hydrogens is 273 g/mol. The van der Waals surface area contributed by atoms with Gasteiger partial charge in [-0.05, 0) is 31.0 Å². The molecule has 0 unspecified atom stereocenters. The highest BCUT2D eigenvalue weighted by Crippen LogP contribution is 2.32. The van der Waals surface area contributed by atoms with Gasteiger partial charge in [0.1, 0.15) is 5.82 Å². The molecule has 1 aromatic carbocycles. The summed E-state index contributed by atoms with van der Waals surface area (Å²) in [5, 5.41) is 8.66. The molecule has 0 aliphatic heterocycles. The number of carbonyl (C=O) groups is 1. The minimum absolute atomic E-state index is 0.0845. The third-order valence-electron chi connectivity index (χ3n) is 2.90. The van der Waals surface area contributed by atoms with E-state index < -0.39 is 21.8 Å². The molecule has 1 N–H and O–H groups in total. The number of nitrogens with zero attached hydrogens (tertiary/aromatic N) is 1. The minimum Gasteiger partial charge on any atom is -0.481 e. The fourth-order valence-corrected chi connectivity index (χ4v) is 3.55. The maximum Gasteiger partial charge on any atom is 0.304 e. The highest BCUT2D eigenvalue weighted by molar-refractivity contribution is 7.89. The van der Waals surface area contributed by atoms with Crippen LogP contribution in [0.15, 0.2) is 29.2 Å². The second-order valence-electron chi connectivity index (χ2n) is 4.45. The van der Waals surface area contributed by atoms with Crippen molar-refractivity contribution in [2.24, 2.45) is 0 Å². The molecule has 104 valence electrons. The fourth-order valence-electron chi connectivity index (χ4n) is 1.83. The Kier molecular flexibility index (Phi) is 3.86. The fraction of sp³-hybridized carbons (Fsp3) is 0.417. The maximum absolute atomic E-state index is 13.1. The first-order valence-corrected chi connectivity index (χ1v) is 7.34. The van der Waals surface area contributed by atoms with Gasteiger partial charge in [-0.3, -0.25) is 4.79 Å². The Bertz CT molecular complexity index is 583. The lowest BCUT2D eigenvalue weighted by molar-refractivity contribution is -0.137. The Morgan fingerprint density at radius 1 is 1.42 bits per heavy atom. The van der Waals surface area contributed by atoms with Crippen LogP contribution in [0.3, 0.4) is 0 Å². The lowest BCUT2D eigenvalue weighted by Crippen LogP contribution is -2.35. The van der Waals surface area contributed by atoms with Crippen LogP contribution in [0.25, 0.3) is 0 Å². The molecule has 1 aliphatic rings. The summed E-state index contributed by atoms with van der Waals surface area (Å²) in [5.74, 6) is -1.69. The van der Waals surface area contributed by atoms with Crippen molar-refractivity contribution in [1.82, 2.24) is 4.31 Å². The van der Waals surface area contributed by atoms with Gasteiger partial charge in [0.2, 0.25) is 10.0 Å². The minimum atomic E-state index is -3.83. The van der Waals surface area contributed by atoms with Crippen LogP contribution in [0.4, 0.5) is 4.39 Å². The van der Waals surface area contributed by atoms with Crippen molar-refractivity contribution in [2.45, 2.75) is 30.2 Å². The number of carboxylic acid groups (broad SMARTS) is 1. The van der Waals surface area contributed by atoms with Gasteiger partial charge in [-0.15, -0.1) is 0 Å². The predicted molar refractivity (Wildman–Crippen MR) is 65.6 cm³/mol. The van der Waals surface area contributed by atoms with Crippen molar-refractivity contribution in [3.63, 3.8) is 0 Å². The smallest absolute Gasteiger partial charge is 0.304 e. The normalized spacial score (nSPS) is 15.7. The molecular formula is C12H14FNO4S. The van der Waals surface area contributed by atoms with E-state index in [4.69, 9.17) is 5.11 Å². The van der Waals surface area contributed by atoms with Gasteiger partial charge in [-0.2, -0.15) is 4.31 Å². The Morgan fingerprint density at radius 3 is 2.63 bits per heavy atom. The zero-order chi connectivity index (χ0) is 14.0. The van der Waals surface area contributed by atoms with E-state index in [9.17, 15) is 17.6 Å². The molecule has 0 heterocycles. The van der Waals surface area contributed by atoms with Crippen LogP contribution in [-0.4, -0.2) is 36.4 Å². The molecule has 0 saturated heterocycles. The van der Waals surface area contributed by atoms with E-state index >= 15 is 0 Å². The number of benzene rings is 1. The summed E-state index contributed by atoms with van der Waals surface area (Å²) in [6.07, 6.45) is 1.17. The summed E-state index contributed by atoms with van der Waals surface area (Å²) in [6.45, 7) is -0.0845. The Morgan fingerprint density at radius 2 is 2.11 bits per heavy atom. The van der Waals surface area contributed by atoms with E-state index in [1.165, 1.54) is 12.1 Å². The molecule has 19 heavy (non-hydrogen) atoms. The molecule has 0 radical (unpaired) electrons. The van der Waals surface area contributed by atoms with Crippen LogP contribution in [0, 0.1) is 5.82 Å². The van der Waals surface area contributed by atoms with E-state index in [0.29, 0.717) is 12.8 Å². The van der Waals surface area contributed by atoms with Crippen LogP contribution >= 0.6 is 0 Å². The summed E-state index contributed by atoms with van der Waals surface area (Å²) in [6, 6.07) is 4.59. The lowest BCUT2D eigenvalue weighted by Gasteiger charge is -2.21. The predicted octanol–water partition coefficient (Wildman–Crippen LogP) is 1.45. The van der Waals surface area contributed by atoms with Gasteiger partial charge in [-0.1, -0.05) is 6.07 Å². The van der Waals surface area contributed by atoms with E-state index in [0.717, 1.165) is 16.4 Å². The van der Waals surface area contributed by atoms with Gasteiger partial charge in [0, 0.05) is 12.6 Å². The monoisotopic (exact) mass is 287 g/mol. The zero-order valence-corrected chi connectivity index (χ0v) is 10.9. The molecule has 0 atom stereocenters. The van der Waals surface area contributed by atoms with Crippen LogP contribution in [0.1, 0.15) is 19.3 Å². The zero-order valence-electron chi connectivity index (χ0n) is 10.1. The van der Waals surface area contributed by atoms with Crippen molar-refractivity contribution in [1.29, 1.82) is 0 Å². The number of sulfonamides is 1. The van der Waals surface area contributed by atoms with E-state index in [-0.39, 0.29) is 23.9 Å². The molecule has 2 rings (SSSR count). The van der Waals surface area contributed by atoms with Crippen molar-refractivity contribution in [3.05, 3.63) is 30.1 Å². The number of halogens is 1. The number of hydrogen-bond acceptors (Lipinski definition) is 3. The van der Waals surface area contributed by atoms with Gasteiger partial charge in [0.15, 0.2) is 0 Å². The Hall–Kier alpha value is -1.47. The maximum atomic E-state index is 13.1. The molecule has 1 aromatic rings. The summed E-state index contributed by atoms with van der Waals surface area (Å²) in [5.41, 5.74) is 0. The highest BCUT2D eigenvalue weighted by atomic mass is 32.2. The van der Waals surface area contributed by atoms with Crippen LogP contribution < -0.4 is 0 Å². The van der Waals surface area contributed by atoms with Crippen LogP contribution in [0.2, 0.25) is 0 Å². The van der Waals surface area contributed by atoms with Gasteiger partial charge in [0.05, 0.1) is 11.3 Å². The van der Waals surface area contributed by atoms with E-state index in [1.54, 1.807) is 0 Å². The molecule has 0 bridgehead atoms. The molecule has 0 aromatic heterocycles. The van der Waals surface area contributed by atoms with Crippen molar-refractivity contribution < 1.29 is 22.7 Å². The standard InChI is InChI=1S/C12H14FNO4S/c13-9-2-1-3-11(8-9)19(17,18)14(10-4-5-10)7-6-12(15)16/h1-3,8,10H,4-7H2,(H,15,16). The first-order valence-electron chi connectivity index (χ1n) is 5.90. The average Bonchev–Trinajstić information content (AvgIpc) is 3.13. The third kappa shape index (κ3) is 3.30. The lowest BCUT2D eigenvalue weighted by atomic mass is 10.4. The summed E-state index contributed by atoms with van der Waals surface area (Å²) in [4.78, 5) is 10.4. The largest absolute Gasteiger partial charge is 0.481 e. The summed E-state index contributed by atoms with van der Waals surface area (Å²) >= 11 is 0. The Balaban J connectivity index is 2.26. The second-order valence-corrected chi connectivity index (χ2v) is 6.34. The van der Waals surface area contributed by atoms with Gasteiger partial charge in [0.25, 0.3) is 0 Å². The van der Waals surface area contributed by atoms with Gasteiger partial charge >= 0.3 is 5.97 Å². The topological polar surface area (TPSA) is 74.7 Å². The number of aliphatic carboxylic acids is 1. The summed E-state index contributed by atoms with van der Waals surface area (Å²) < 4.78 is 39.0. The number of carboxylic acids is 1. The average molecular weight is 287 g/mol. The third-order valence-corrected chi connectivity index (χ3v) is 4.85. The highest BCUT2D eigenvalue weighted by Gasteiger charge is 2.38. The quantitative estimate of drug-likeness (QED) is 0.859. The van der Waals surface area contributed by atoms with Crippen LogP contribution in [0.5, 0.6) is 0 Å². The molecule has 5 nitrogen and oxygen atoms in total. The van der Waals surface area contributed by atoms with Crippen LogP contribution in [-0.2, 0) is 14.8 Å². The van der Waals surface area contributed by atoms with Crippen molar-refractivity contribution in [3.8, 4) is 0 Å². The van der Waals surface area contributed by atoms with Crippen molar-refractivity contribution >= 4 is 16.0 Å². The molecule has 1 fully saturated rings. The number of rotatable bonds is 6. The van der Waals surface area contributed by atoms with Gasteiger partial charge < -0.3 is 5.11 Å². The summed E-state index contributed by atoms with van der Waals surface area (Å²) in [7, 11) is -3.83. The van der Waals surface area contributed by atoms with Crippen molar-refractivity contribution in [2.75, 3.05) is 6.54 Å². The first-order chi connectivity index (χ1) is 8.91. The van der Waals surface area contributed by atoms with E-state index in [2.05, 4.69) is 0 Å². The Labute approximate surface area is 110 Å². The SMILES string of the molecule is O=C(O)CCN(C1CC1)S(=O)(=O)c1cccc(F)c1. The number of hydrogen-bond donors (Lipinski definition) is 1. The first kappa shape index (κ1) is 14.0. The second kappa shape index (κ2) is 5.26. The molecule has 7 heteroatoms. The molecule has 1 saturated carbocycles. The van der Waals surface area contributed by atoms with E-state index in [1.807, 2.05) is 0 Å². The van der Waals surface area contributed by atoms with Gasteiger partial charge in [-0.25, -0.2) is 12.8 Å². The molecule has 0 amide bonds.